The Kier molecular flexibility index (Phi) is 18.1. The van der Waals surface area contributed by atoms with Crippen LogP contribution in [0.15, 0.2) is 190 Å². The Labute approximate surface area is 438 Å². The van der Waals surface area contributed by atoms with Crippen molar-refractivity contribution in [2.75, 3.05) is 58.9 Å². The number of hydrogen-bond acceptors (Lipinski definition) is 13. The molecule has 0 atom stereocenters. The van der Waals surface area contributed by atoms with Crippen LogP contribution in [0.4, 0.5) is 60.0 Å². The summed E-state index contributed by atoms with van der Waals surface area (Å²) in [6, 6.07) is 37.1. The van der Waals surface area contributed by atoms with E-state index in [9.17, 15) is 23.2 Å². The first-order valence-corrected chi connectivity index (χ1v) is 23.2. The summed E-state index contributed by atoms with van der Waals surface area (Å²) in [6.45, 7) is 1.91. The lowest BCUT2D eigenvalue weighted by atomic mass is 10.1. The molecule has 9 aromatic rings. The van der Waals surface area contributed by atoms with E-state index in [1.165, 1.54) is 43.2 Å². The fraction of sp³-hybridized carbons (Fsp3) is 0.0862. The van der Waals surface area contributed by atoms with Gasteiger partial charge in [0.1, 0.15) is 36.4 Å². The number of nitrogens with zero attached hydrogens (tertiary/aromatic N) is 9. The molecule has 3 amide bonds. The molecule has 0 unspecified atom stereocenters. The van der Waals surface area contributed by atoms with Crippen molar-refractivity contribution in [2.45, 2.75) is 6.92 Å². The zero-order valence-electron chi connectivity index (χ0n) is 41.9. The lowest BCUT2D eigenvalue weighted by molar-refractivity contribution is 0.101. The second-order valence-electron chi connectivity index (χ2n) is 16.6. The molecule has 0 spiro atoms. The van der Waals surface area contributed by atoms with Crippen molar-refractivity contribution in [2.24, 2.45) is 0 Å². The normalized spacial score (nSPS) is 10.2. The van der Waals surface area contributed by atoms with Gasteiger partial charge >= 0.3 is 0 Å². The molecule has 380 valence electrons. The lowest BCUT2D eigenvalue weighted by Gasteiger charge is -2.19. The first-order valence-electron chi connectivity index (χ1n) is 23.2. The van der Waals surface area contributed by atoms with Crippen molar-refractivity contribution in [1.29, 1.82) is 0 Å². The number of hydrogen-bond donors (Lipinski definition) is 3. The number of methoxy groups -OCH3 is 1. The molecule has 3 heterocycles. The van der Waals surface area contributed by atoms with Crippen molar-refractivity contribution in [3.05, 3.63) is 229 Å². The van der Waals surface area contributed by atoms with E-state index in [4.69, 9.17) is 11.2 Å². The van der Waals surface area contributed by atoms with Crippen LogP contribution < -0.4 is 35.4 Å². The number of nitrogens with one attached hydrogen (secondary N) is 3. The second-order valence-corrected chi connectivity index (χ2v) is 16.6. The lowest BCUT2D eigenvalue weighted by Crippen LogP contribution is -2.14. The van der Waals surface area contributed by atoms with Crippen molar-refractivity contribution >= 4 is 68.9 Å². The van der Waals surface area contributed by atoms with Gasteiger partial charge in [0, 0.05) is 77.5 Å². The average molecular weight is 1020 g/mol. The Morgan fingerprint density at radius 3 is 1.36 bits per heavy atom. The van der Waals surface area contributed by atoms with Crippen LogP contribution in [0.25, 0.3) is 0 Å². The van der Waals surface area contributed by atoms with Crippen molar-refractivity contribution in [3.8, 4) is 18.1 Å². The van der Waals surface area contributed by atoms with Gasteiger partial charge in [-0.25, -0.2) is 38.7 Å². The zero-order chi connectivity index (χ0) is 54.0. The number of halogens is 2. The summed E-state index contributed by atoms with van der Waals surface area (Å²) in [6.07, 6.45) is 19.6. The Morgan fingerprint density at radius 2 is 0.882 bits per heavy atom. The average Bonchev–Trinajstić information content (AvgIpc) is 3.45. The molecule has 0 radical (unpaired) electrons. The van der Waals surface area contributed by atoms with Gasteiger partial charge in [-0.2, -0.15) is 0 Å². The number of aryl methyl sites for hydroxylation is 1. The minimum Gasteiger partial charge on any atom is -0.497 e. The Bertz CT molecular complexity index is 3480. The van der Waals surface area contributed by atoms with Gasteiger partial charge in [0.2, 0.25) is 0 Å². The van der Waals surface area contributed by atoms with E-state index in [-0.39, 0.29) is 17.7 Å². The smallest absolute Gasteiger partial charge is 0.255 e. The Balaban J connectivity index is 0.000000166. The largest absolute Gasteiger partial charge is 0.497 e. The second kappa shape index (κ2) is 25.8. The summed E-state index contributed by atoms with van der Waals surface area (Å²) in [7, 11) is 7.03. The zero-order valence-corrected chi connectivity index (χ0v) is 41.9. The van der Waals surface area contributed by atoms with Crippen LogP contribution in [0.2, 0.25) is 0 Å². The molecule has 0 saturated heterocycles. The van der Waals surface area contributed by atoms with Crippen molar-refractivity contribution in [3.63, 3.8) is 0 Å². The van der Waals surface area contributed by atoms with Crippen LogP contribution in [0, 0.1) is 30.9 Å². The number of terminal acetylenes is 1. The summed E-state index contributed by atoms with van der Waals surface area (Å²) in [5, 5.41) is 8.33. The van der Waals surface area contributed by atoms with Gasteiger partial charge in [0.05, 0.1) is 61.4 Å². The molecule has 6 aromatic carbocycles. The van der Waals surface area contributed by atoms with Crippen LogP contribution >= 0.6 is 0 Å². The van der Waals surface area contributed by atoms with Crippen molar-refractivity contribution in [1.82, 2.24) is 29.9 Å². The molecule has 3 aromatic heterocycles. The van der Waals surface area contributed by atoms with E-state index in [2.05, 4.69) is 51.8 Å². The summed E-state index contributed by atoms with van der Waals surface area (Å²) >= 11 is 0. The van der Waals surface area contributed by atoms with Gasteiger partial charge in [-0.05, 0) is 110 Å². The molecule has 16 nitrogen and oxygen atoms in total. The van der Waals surface area contributed by atoms with Gasteiger partial charge in [-0.1, -0.05) is 41.8 Å². The van der Waals surface area contributed by atoms with Gasteiger partial charge < -0.3 is 35.4 Å². The highest BCUT2D eigenvalue weighted by atomic mass is 19.1. The first kappa shape index (κ1) is 53.4. The standard InChI is InChI=1S/C20H15FN4O.C19H17FN4O.C19H18N4O2/c1-3-14-5-4-6-15(7-14)20(26)24-17-8-16(21)9-18(10-17)25(2)19-11-22-13-23-12-19;1-13-4-3-5-14(6-13)19(25)23-16-7-15(20)8-17(9-16)24(2)18-10-21-12-22-11-18;1-23(17-11-20-13-21-12-17)16-7-4-6-15(10-16)22-19(24)14-5-3-8-18(9-14)25-2/h1,4-13H,2H3,(H,24,26);3-12H,1-2H3,(H,23,25);3-13H,1-2H3,(H,22,24). The van der Waals surface area contributed by atoms with Gasteiger partial charge in [-0.3, -0.25) is 14.4 Å². The highest BCUT2D eigenvalue weighted by molar-refractivity contribution is 6.06. The maximum absolute atomic E-state index is 14.0. The Morgan fingerprint density at radius 1 is 0.474 bits per heavy atom. The quantitative estimate of drug-likeness (QED) is 0.0928. The molecule has 76 heavy (non-hydrogen) atoms. The van der Waals surface area contributed by atoms with E-state index in [1.54, 1.807) is 141 Å². The van der Waals surface area contributed by atoms with Crippen LogP contribution in [0.1, 0.15) is 42.2 Å². The number of anilines is 9. The summed E-state index contributed by atoms with van der Waals surface area (Å²) in [4.78, 5) is 66.5. The molecule has 9 rings (SSSR count). The van der Waals surface area contributed by atoms with E-state index in [0.717, 1.165) is 16.9 Å². The maximum atomic E-state index is 14.0. The number of carbonyl (C=O) groups is 3. The minimum absolute atomic E-state index is 0.193. The topological polar surface area (TPSA) is 184 Å². The van der Waals surface area contributed by atoms with E-state index in [0.29, 0.717) is 67.8 Å². The first-order chi connectivity index (χ1) is 36.8. The molecule has 0 saturated carbocycles. The third-order valence-corrected chi connectivity index (χ3v) is 11.3. The molecule has 0 aliphatic carbocycles. The van der Waals surface area contributed by atoms with Crippen LogP contribution in [0.5, 0.6) is 5.75 Å². The van der Waals surface area contributed by atoms with Gasteiger partial charge in [0.15, 0.2) is 0 Å². The predicted octanol–water partition coefficient (Wildman–Crippen LogP) is 11.1. The number of amides is 3. The van der Waals surface area contributed by atoms with E-state index < -0.39 is 11.6 Å². The highest BCUT2D eigenvalue weighted by Gasteiger charge is 2.15. The Hall–Kier alpha value is -10.4. The van der Waals surface area contributed by atoms with E-state index in [1.807, 2.05) is 55.3 Å². The van der Waals surface area contributed by atoms with Crippen LogP contribution in [0.3, 0.4) is 0 Å². The van der Waals surface area contributed by atoms with E-state index >= 15 is 0 Å². The molecule has 0 aliphatic rings. The molecule has 0 fully saturated rings. The number of ether oxygens (including phenoxy) is 1. The van der Waals surface area contributed by atoms with Crippen LogP contribution in [-0.2, 0) is 0 Å². The molecule has 18 heteroatoms. The number of aromatic nitrogens is 6. The third-order valence-electron chi connectivity index (χ3n) is 11.3. The fourth-order valence-electron chi connectivity index (χ4n) is 7.22. The monoisotopic (exact) mass is 1020 g/mol. The fourth-order valence-corrected chi connectivity index (χ4v) is 7.22. The summed E-state index contributed by atoms with van der Waals surface area (Å²) in [5.74, 6) is 1.36. The van der Waals surface area contributed by atoms with Gasteiger partial charge in [-0.15, -0.1) is 6.42 Å². The predicted molar refractivity (Wildman–Crippen MR) is 292 cm³/mol. The minimum atomic E-state index is -0.473. The molecule has 0 aliphatic heterocycles. The van der Waals surface area contributed by atoms with Gasteiger partial charge in [0.25, 0.3) is 17.7 Å². The molecular weight excluding hydrogens is 967 g/mol. The highest BCUT2D eigenvalue weighted by Crippen LogP contribution is 2.29. The van der Waals surface area contributed by atoms with Crippen molar-refractivity contribution < 1.29 is 27.9 Å². The number of carbonyl (C=O) groups excluding carboxylic acids is 3. The maximum Gasteiger partial charge on any atom is 0.255 e. The SMILES string of the molecule is C#Cc1cccc(C(=O)Nc2cc(F)cc(N(C)c3cncnc3)c2)c1.COc1cccc(C(=O)Nc2cccc(N(C)c3cncnc3)c2)c1.Cc1cccc(C(=O)Nc2cc(F)cc(N(C)c3cncnc3)c2)c1. The number of rotatable bonds is 13. The third kappa shape index (κ3) is 14.8. The number of benzene rings is 6. The molecule has 0 bridgehead atoms. The summed E-state index contributed by atoms with van der Waals surface area (Å²) in [5.41, 5.74) is 8.76. The van der Waals surface area contributed by atoms with Crippen LogP contribution in [-0.4, -0.2) is 75.9 Å². The molecule has 3 N–H and O–H groups in total. The molecular formula is C58H50F2N12O4. The summed E-state index contributed by atoms with van der Waals surface area (Å²) < 4.78 is 33.2.